The lowest BCUT2D eigenvalue weighted by atomic mass is 10.1. The number of sulfonamides is 1. The topological polar surface area (TPSA) is 75.3 Å². The summed E-state index contributed by atoms with van der Waals surface area (Å²) in [6.07, 6.45) is 5.03. The molecular weight excluding hydrogens is 343 g/mol. The number of nitrogens with one attached hydrogen (secondary N) is 2. The molecule has 2 aromatic carbocycles. The molecule has 0 aliphatic carbocycles. The summed E-state index contributed by atoms with van der Waals surface area (Å²) >= 11 is 0. The third-order valence-electron chi connectivity index (χ3n) is 3.47. The van der Waals surface area contributed by atoms with Crippen LogP contribution in [0.4, 0.5) is 4.39 Å². The van der Waals surface area contributed by atoms with Gasteiger partial charge in [0.25, 0.3) is 5.91 Å². The lowest BCUT2D eigenvalue weighted by Crippen LogP contribution is -2.25. The molecule has 5 nitrogen and oxygen atoms in total. The Labute approximate surface area is 146 Å². The number of benzene rings is 2. The molecule has 1 amide bonds. The van der Waals surface area contributed by atoms with Crippen LogP contribution in [-0.2, 0) is 16.6 Å². The van der Waals surface area contributed by atoms with Gasteiger partial charge in [-0.3, -0.25) is 4.79 Å². The molecule has 130 valence electrons. The molecule has 2 rings (SSSR count). The van der Waals surface area contributed by atoms with E-state index in [0.29, 0.717) is 11.1 Å². The van der Waals surface area contributed by atoms with E-state index in [1.54, 1.807) is 19.1 Å². The van der Waals surface area contributed by atoms with Gasteiger partial charge < -0.3 is 5.32 Å². The number of carbonyl (C=O) groups is 1. The van der Waals surface area contributed by atoms with Gasteiger partial charge in [0, 0.05) is 12.1 Å². The highest BCUT2D eigenvalue weighted by molar-refractivity contribution is 7.89. The van der Waals surface area contributed by atoms with E-state index in [-0.39, 0.29) is 29.7 Å². The van der Waals surface area contributed by atoms with Gasteiger partial charge in [0.1, 0.15) is 5.82 Å². The molecule has 2 aromatic rings. The number of rotatable bonds is 6. The predicted molar refractivity (Wildman–Crippen MR) is 92.8 cm³/mol. The summed E-state index contributed by atoms with van der Waals surface area (Å²) in [5.41, 5.74) is 1.58. The molecule has 0 aliphatic heterocycles. The second-order valence-corrected chi connectivity index (χ2v) is 7.09. The molecule has 0 heterocycles. The summed E-state index contributed by atoms with van der Waals surface area (Å²) in [7, 11) is -3.69. The number of halogens is 1. The highest BCUT2D eigenvalue weighted by Gasteiger charge is 2.14. The average molecular weight is 360 g/mol. The zero-order valence-electron chi connectivity index (χ0n) is 13.5. The van der Waals surface area contributed by atoms with Crippen LogP contribution >= 0.6 is 0 Å². The fraction of sp³-hybridized carbons (Fsp3) is 0.167. The van der Waals surface area contributed by atoms with Crippen LogP contribution in [0.5, 0.6) is 0 Å². The zero-order chi connectivity index (χ0) is 18.4. The molecule has 0 atom stereocenters. The van der Waals surface area contributed by atoms with Gasteiger partial charge in [-0.15, -0.1) is 6.42 Å². The lowest BCUT2D eigenvalue weighted by Gasteiger charge is -2.08. The minimum absolute atomic E-state index is 0.0217. The maximum absolute atomic E-state index is 13.2. The minimum Gasteiger partial charge on any atom is -0.348 e. The highest BCUT2D eigenvalue weighted by atomic mass is 32.2. The Morgan fingerprint density at radius 1 is 1.20 bits per heavy atom. The first kappa shape index (κ1) is 18.6. The average Bonchev–Trinajstić information content (AvgIpc) is 2.61. The summed E-state index contributed by atoms with van der Waals surface area (Å²) in [6.45, 7) is 1.78. The van der Waals surface area contributed by atoms with Gasteiger partial charge >= 0.3 is 0 Å². The number of carbonyl (C=O) groups excluding carboxylic acids is 1. The Morgan fingerprint density at radius 3 is 2.48 bits per heavy atom. The van der Waals surface area contributed by atoms with E-state index in [1.165, 1.54) is 30.3 Å². The van der Waals surface area contributed by atoms with Crippen LogP contribution in [0.1, 0.15) is 21.5 Å². The number of terminal acetylenes is 1. The van der Waals surface area contributed by atoms with Crippen molar-refractivity contribution in [1.82, 2.24) is 10.0 Å². The van der Waals surface area contributed by atoms with Gasteiger partial charge in [0.2, 0.25) is 10.0 Å². The number of hydrogen-bond acceptors (Lipinski definition) is 3. The largest absolute Gasteiger partial charge is 0.348 e. The molecule has 25 heavy (non-hydrogen) atoms. The first-order valence-corrected chi connectivity index (χ1v) is 8.88. The van der Waals surface area contributed by atoms with E-state index >= 15 is 0 Å². The van der Waals surface area contributed by atoms with Crippen molar-refractivity contribution >= 4 is 15.9 Å². The minimum atomic E-state index is -3.69. The third-order valence-corrected chi connectivity index (χ3v) is 4.88. The molecule has 2 N–H and O–H groups in total. The Balaban J connectivity index is 2.03. The van der Waals surface area contributed by atoms with Crippen molar-refractivity contribution in [3.05, 3.63) is 65.0 Å². The van der Waals surface area contributed by atoms with Crippen molar-refractivity contribution < 1.29 is 17.6 Å². The molecule has 0 saturated heterocycles. The van der Waals surface area contributed by atoms with Gasteiger partial charge in [-0.25, -0.2) is 12.8 Å². The Bertz CT molecular complexity index is 916. The Kier molecular flexibility index (Phi) is 5.91. The molecule has 0 spiro atoms. The van der Waals surface area contributed by atoms with Crippen molar-refractivity contribution in [3.63, 3.8) is 0 Å². The first-order valence-electron chi connectivity index (χ1n) is 7.40. The normalized spacial score (nSPS) is 10.9. The number of amides is 1. The summed E-state index contributed by atoms with van der Waals surface area (Å²) in [5.74, 6) is 1.53. The van der Waals surface area contributed by atoms with Crippen molar-refractivity contribution in [1.29, 1.82) is 0 Å². The van der Waals surface area contributed by atoms with Crippen molar-refractivity contribution in [2.75, 3.05) is 6.54 Å². The SMILES string of the molecule is C#CCNS(=O)(=O)c1ccc(C(=O)NCc2ccc(F)c(C)c2)cc1. The molecule has 7 heteroatoms. The second kappa shape index (κ2) is 7.92. The summed E-state index contributed by atoms with van der Waals surface area (Å²) in [6, 6.07) is 10.1. The summed E-state index contributed by atoms with van der Waals surface area (Å²) < 4.78 is 39.3. The first-order chi connectivity index (χ1) is 11.8. The van der Waals surface area contributed by atoms with E-state index in [4.69, 9.17) is 6.42 Å². The van der Waals surface area contributed by atoms with Crippen LogP contribution in [0.3, 0.4) is 0 Å². The van der Waals surface area contributed by atoms with Gasteiger partial charge in [-0.2, -0.15) is 4.72 Å². The van der Waals surface area contributed by atoms with Crippen molar-refractivity contribution in [2.24, 2.45) is 0 Å². The van der Waals surface area contributed by atoms with Gasteiger partial charge in [0.05, 0.1) is 11.4 Å². The molecule has 0 aromatic heterocycles. The molecular formula is C18H17FN2O3S. The van der Waals surface area contributed by atoms with Crippen LogP contribution in [0, 0.1) is 25.1 Å². The predicted octanol–water partition coefficient (Wildman–Crippen LogP) is 1.98. The Hall–Kier alpha value is -2.69. The molecule has 0 aliphatic rings. The summed E-state index contributed by atoms with van der Waals surface area (Å²) in [5, 5.41) is 2.70. The van der Waals surface area contributed by atoms with Crippen molar-refractivity contribution in [2.45, 2.75) is 18.4 Å². The van der Waals surface area contributed by atoms with Crippen LogP contribution < -0.4 is 10.0 Å². The van der Waals surface area contributed by atoms with Gasteiger partial charge in [-0.05, 0) is 48.4 Å². The maximum Gasteiger partial charge on any atom is 0.251 e. The van der Waals surface area contributed by atoms with Gasteiger partial charge in [-0.1, -0.05) is 18.1 Å². The van der Waals surface area contributed by atoms with E-state index in [0.717, 1.165) is 5.56 Å². The molecule has 0 unspecified atom stereocenters. The number of hydrogen-bond donors (Lipinski definition) is 2. The monoisotopic (exact) mass is 360 g/mol. The van der Waals surface area contributed by atoms with Crippen molar-refractivity contribution in [3.8, 4) is 12.3 Å². The van der Waals surface area contributed by atoms with Crippen LogP contribution in [-0.4, -0.2) is 20.9 Å². The molecule has 0 saturated carbocycles. The zero-order valence-corrected chi connectivity index (χ0v) is 14.4. The molecule has 0 fully saturated rings. The highest BCUT2D eigenvalue weighted by Crippen LogP contribution is 2.12. The lowest BCUT2D eigenvalue weighted by molar-refractivity contribution is 0.0951. The molecule has 0 bridgehead atoms. The van der Waals surface area contributed by atoms with Crippen LogP contribution in [0.15, 0.2) is 47.4 Å². The number of aryl methyl sites for hydroxylation is 1. The van der Waals surface area contributed by atoms with Gasteiger partial charge in [0.15, 0.2) is 0 Å². The third kappa shape index (κ3) is 4.89. The quantitative estimate of drug-likeness (QED) is 0.774. The maximum atomic E-state index is 13.2. The fourth-order valence-corrected chi connectivity index (χ4v) is 3.04. The second-order valence-electron chi connectivity index (χ2n) is 5.32. The molecule has 0 radical (unpaired) electrons. The Morgan fingerprint density at radius 2 is 1.88 bits per heavy atom. The van der Waals surface area contributed by atoms with Crippen LogP contribution in [0.2, 0.25) is 0 Å². The van der Waals surface area contributed by atoms with E-state index < -0.39 is 10.0 Å². The van der Waals surface area contributed by atoms with E-state index in [9.17, 15) is 17.6 Å². The smallest absolute Gasteiger partial charge is 0.251 e. The standard InChI is InChI=1S/C18H17FN2O3S/c1-3-10-21-25(23,24)16-7-5-15(6-8-16)18(22)20-12-14-4-9-17(19)13(2)11-14/h1,4-9,11,21H,10,12H2,2H3,(H,20,22). The summed E-state index contributed by atoms with van der Waals surface area (Å²) in [4.78, 5) is 12.1. The van der Waals surface area contributed by atoms with Crippen LogP contribution in [0.25, 0.3) is 0 Å². The fourth-order valence-electron chi connectivity index (χ4n) is 2.11. The van der Waals surface area contributed by atoms with E-state index in [1.807, 2.05) is 0 Å². The van der Waals surface area contributed by atoms with E-state index in [2.05, 4.69) is 16.0 Å².